The van der Waals surface area contributed by atoms with Crippen LogP contribution in [0.25, 0.3) is 0 Å². The third kappa shape index (κ3) is 4.14. The molecule has 1 aromatic rings. The quantitative estimate of drug-likeness (QED) is 0.673. The molecule has 3 rings (SSSR count). The summed E-state index contributed by atoms with van der Waals surface area (Å²) in [5, 5.41) is 7.94. The Labute approximate surface area is 144 Å². The zero-order valence-electron chi connectivity index (χ0n) is 13.9. The van der Waals surface area contributed by atoms with Crippen molar-refractivity contribution < 1.29 is 19.2 Å². The summed E-state index contributed by atoms with van der Waals surface area (Å²) >= 11 is 0. The third-order valence-electron chi connectivity index (χ3n) is 4.38. The summed E-state index contributed by atoms with van der Waals surface area (Å²) < 4.78 is 0. The molecule has 1 aliphatic heterocycles. The zero-order chi connectivity index (χ0) is 18.0. The van der Waals surface area contributed by atoms with Gasteiger partial charge >= 0.3 is 6.03 Å². The lowest BCUT2D eigenvalue weighted by molar-refractivity contribution is -0.125. The molecule has 25 heavy (non-hydrogen) atoms. The van der Waals surface area contributed by atoms with Crippen LogP contribution in [-0.2, 0) is 14.4 Å². The maximum atomic E-state index is 11.9. The van der Waals surface area contributed by atoms with Gasteiger partial charge in [0.05, 0.1) is 6.54 Å². The Bertz CT molecular complexity index is 700. The average molecular weight is 344 g/mol. The summed E-state index contributed by atoms with van der Waals surface area (Å²) in [5.74, 6) is -0.0511. The Morgan fingerprint density at radius 1 is 1.16 bits per heavy atom. The number of carbonyl (C=O) groups is 4. The number of hydrogen-bond acceptors (Lipinski definition) is 4. The number of amides is 5. The smallest absolute Gasteiger partial charge is 0.324 e. The molecule has 0 aromatic heterocycles. The predicted octanol–water partition coefficient (Wildman–Crippen LogP) is 1.16. The largest absolute Gasteiger partial charge is 0.329 e. The molecule has 0 radical (unpaired) electrons. The second-order valence-corrected chi connectivity index (χ2v) is 6.39. The van der Waals surface area contributed by atoms with Gasteiger partial charge in [-0.1, -0.05) is 6.92 Å². The zero-order valence-corrected chi connectivity index (χ0v) is 13.9. The molecule has 0 bridgehead atoms. The monoisotopic (exact) mass is 344 g/mol. The molecule has 1 saturated carbocycles. The van der Waals surface area contributed by atoms with Crippen LogP contribution in [0.5, 0.6) is 0 Å². The van der Waals surface area contributed by atoms with E-state index in [0.717, 1.165) is 11.3 Å². The van der Waals surface area contributed by atoms with Gasteiger partial charge in [0, 0.05) is 30.3 Å². The number of rotatable bonds is 6. The van der Waals surface area contributed by atoms with Gasteiger partial charge in [-0.05, 0) is 36.6 Å². The molecule has 1 aliphatic carbocycles. The van der Waals surface area contributed by atoms with Crippen molar-refractivity contribution >= 4 is 35.1 Å². The topological polar surface area (TPSA) is 108 Å². The molecular formula is C17H20N4O4. The van der Waals surface area contributed by atoms with E-state index in [1.807, 2.05) is 6.92 Å². The van der Waals surface area contributed by atoms with Gasteiger partial charge in [-0.25, -0.2) is 4.79 Å². The van der Waals surface area contributed by atoms with Crippen molar-refractivity contribution in [1.29, 1.82) is 0 Å². The summed E-state index contributed by atoms with van der Waals surface area (Å²) in [5.41, 5.74) is 1.27. The van der Waals surface area contributed by atoms with Crippen molar-refractivity contribution in [3.8, 4) is 0 Å². The molecule has 0 spiro atoms. The van der Waals surface area contributed by atoms with Crippen LogP contribution in [0.2, 0.25) is 0 Å². The maximum absolute atomic E-state index is 11.9. The van der Waals surface area contributed by atoms with Crippen LogP contribution in [0.3, 0.4) is 0 Å². The Morgan fingerprint density at radius 3 is 2.28 bits per heavy atom. The average Bonchev–Trinajstić information content (AvgIpc) is 3.23. The number of imide groups is 1. The molecule has 5 amide bonds. The molecule has 2 aliphatic rings. The van der Waals surface area contributed by atoms with Gasteiger partial charge in [-0.3, -0.25) is 19.3 Å². The summed E-state index contributed by atoms with van der Waals surface area (Å²) in [6, 6.07) is 6.35. The van der Waals surface area contributed by atoms with Gasteiger partial charge in [0.1, 0.15) is 0 Å². The first-order valence-corrected chi connectivity index (χ1v) is 8.23. The third-order valence-corrected chi connectivity index (χ3v) is 4.38. The van der Waals surface area contributed by atoms with Gasteiger partial charge in [0.25, 0.3) is 0 Å². The van der Waals surface area contributed by atoms with E-state index in [4.69, 9.17) is 0 Å². The molecule has 132 valence electrons. The number of nitrogens with zero attached hydrogens (tertiary/aromatic N) is 1. The predicted molar refractivity (Wildman–Crippen MR) is 90.7 cm³/mol. The molecular weight excluding hydrogens is 324 g/mol. The van der Waals surface area contributed by atoms with Gasteiger partial charge in [0.15, 0.2) is 0 Å². The standard InChI is InChI=1S/C17H20N4O4/c1-10-8-13(10)16(24)20-12-4-2-11(3-5-12)19-14(22)6-7-21-15(23)9-18-17(21)25/h2-5,10,13H,6-9H2,1H3,(H,18,25)(H,19,22)(H,20,24)/t10-,13-/m1/s1. The summed E-state index contributed by atoms with van der Waals surface area (Å²) in [6.45, 7) is 2.07. The number of nitrogens with one attached hydrogen (secondary N) is 3. The maximum Gasteiger partial charge on any atom is 0.324 e. The van der Waals surface area contributed by atoms with Crippen molar-refractivity contribution in [2.45, 2.75) is 19.8 Å². The number of carbonyl (C=O) groups excluding carboxylic acids is 4. The van der Waals surface area contributed by atoms with E-state index >= 15 is 0 Å². The highest BCUT2D eigenvalue weighted by atomic mass is 16.2. The van der Waals surface area contributed by atoms with Crippen LogP contribution in [-0.4, -0.2) is 41.7 Å². The molecule has 1 saturated heterocycles. The minimum Gasteiger partial charge on any atom is -0.329 e. The highest BCUT2D eigenvalue weighted by Crippen LogP contribution is 2.38. The fourth-order valence-corrected chi connectivity index (χ4v) is 2.68. The molecule has 2 atom stereocenters. The van der Waals surface area contributed by atoms with Crippen LogP contribution >= 0.6 is 0 Å². The van der Waals surface area contributed by atoms with Crippen LogP contribution in [0.15, 0.2) is 24.3 Å². The van der Waals surface area contributed by atoms with E-state index in [1.165, 1.54) is 0 Å². The lowest BCUT2D eigenvalue weighted by Crippen LogP contribution is -2.33. The van der Waals surface area contributed by atoms with Gasteiger partial charge < -0.3 is 16.0 Å². The first kappa shape index (κ1) is 16.9. The van der Waals surface area contributed by atoms with E-state index in [9.17, 15) is 19.2 Å². The van der Waals surface area contributed by atoms with Crippen LogP contribution in [0.1, 0.15) is 19.8 Å². The number of benzene rings is 1. The highest BCUT2D eigenvalue weighted by Gasteiger charge is 2.39. The lowest BCUT2D eigenvalue weighted by atomic mass is 10.2. The van der Waals surface area contributed by atoms with E-state index in [1.54, 1.807) is 24.3 Å². The molecule has 0 unspecified atom stereocenters. The Balaban J connectivity index is 1.46. The van der Waals surface area contributed by atoms with Crippen LogP contribution in [0, 0.1) is 11.8 Å². The van der Waals surface area contributed by atoms with E-state index in [-0.39, 0.29) is 43.1 Å². The molecule has 2 fully saturated rings. The summed E-state index contributed by atoms with van der Waals surface area (Å²) in [7, 11) is 0. The number of anilines is 2. The SMILES string of the molecule is C[C@@H]1C[C@H]1C(=O)Nc1ccc(NC(=O)CCN2C(=O)CNC2=O)cc1. The molecule has 8 nitrogen and oxygen atoms in total. The van der Waals surface area contributed by atoms with Crippen molar-refractivity contribution in [2.24, 2.45) is 11.8 Å². The van der Waals surface area contributed by atoms with Gasteiger partial charge in [0.2, 0.25) is 17.7 Å². The molecule has 3 N–H and O–H groups in total. The molecule has 1 heterocycles. The van der Waals surface area contributed by atoms with Crippen LogP contribution < -0.4 is 16.0 Å². The first-order valence-electron chi connectivity index (χ1n) is 8.23. The van der Waals surface area contributed by atoms with Crippen molar-refractivity contribution in [3.05, 3.63) is 24.3 Å². The molecule has 8 heteroatoms. The van der Waals surface area contributed by atoms with Gasteiger partial charge in [-0.2, -0.15) is 0 Å². The summed E-state index contributed by atoms with van der Waals surface area (Å²) in [6.07, 6.45) is 0.953. The first-order chi connectivity index (χ1) is 11.9. The Morgan fingerprint density at radius 2 is 1.76 bits per heavy atom. The minimum absolute atomic E-state index is 0.0206. The number of urea groups is 1. The summed E-state index contributed by atoms with van der Waals surface area (Å²) in [4.78, 5) is 47.6. The van der Waals surface area contributed by atoms with Crippen LogP contribution in [0.4, 0.5) is 16.2 Å². The number of hydrogen-bond donors (Lipinski definition) is 3. The fourth-order valence-electron chi connectivity index (χ4n) is 2.68. The lowest BCUT2D eigenvalue weighted by Gasteiger charge is -2.12. The van der Waals surface area contributed by atoms with E-state index in [2.05, 4.69) is 16.0 Å². The molecule has 1 aromatic carbocycles. The van der Waals surface area contributed by atoms with Gasteiger partial charge in [-0.15, -0.1) is 0 Å². The van der Waals surface area contributed by atoms with Crippen molar-refractivity contribution in [1.82, 2.24) is 10.2 Å². The normalized spacial score (nSPS) is 21.7. The van der Waals surface area contributed by atoms with E-state index in [0.29, 0.717) is 17.3 Å². The fraction of sp³-hybridized carbons (Fsp3) is 0.412. The highest BCUT2D eigenvalue weighted by molar-refractivity contribution is 6.02. The Kier molecular flexibility index (Phi) is 4.69. The van der Waals surface area contributed by atoms with Crippen molar-refractivity contribution in [2.75, 3.05) is 23.7 Å². The minimum atomic E-state index is -0.470. The van der Waals surface area contributed by atoms with E-state index < -0.39 is 6.03 Å². The second-order valence-electron chi connectivity index (χ2n) is 6.39. The second kappa shape index (κ2) is 6.92. The van der Waals surface area contributed by atoms with Crippen molar-refractivity contribution in [3.63, 3.8) is 0 Å². The Hall–Kier alpha value is -2.90.